The largest absolute Gasteiger partial charge is 0.464 e. The lowest BCUT2D eigenvalue weighted by molar-refractivity contribution is 0.230. The van der Waals surface area contributed by atoms with Crippen LogP contribution in [0.15, 0.2) is 60.9 Å². The second-order valence-electron chi connectivity index (χ2n) is 8.52. The molecular formula is C26H25N5O. The van der Waals surface area contributed by atoms with Crippen molar-refractivity contribution < 1.29 is 4.74 Å². The minimum absolute atomic E-state index is 0.496. The van der Waals surface area contributed by atoms with Crippen LogP contribution in [0.5, 0.6) is 6.01 Å². The van der Waals surface area contributed by atoms with E-state index in [-0.39, 0.29) is 0 Å². The summed E-state index contributed by atoms with van der Waals surface area (Å²) in [4.78, 5) is 12.0. The van der Waals surface area contributed by atoms with Crippen molar-refractivity contribution in [1.29, 1.82) is 5.26 Å². The molecule has 4 aromatic rings. The fourth-order valence-corrected chi connectivity index (χ4v) is 4.31. The van der Waals surface area contributed by atoms with Gasteiger partial charge in [0.2, 0.25) is 0 Å². The van der Waals surface area contributed by atoms with Gasteiger partial charge >= 0.3 is 6.01 Å². The molecule has 6 heteroatoms. The molecule has 1 fully saturated rings. The monoisotopic (exact) mass is 423 g/mol. The van der Waals surface area contributed by atoms with Gasteiger partial charge in [0, 0.05) is 30.4 Å². The molecule has 3 heterocycles. The molecule has 0 saturated carbocycles. The lowest BCUT2D eigenvalue weighted by Gasteiger charge is -2.17. The number of hydrogen-bond acceptors (Lipinski definition) is 5. The van der Waals surface area contributed by atoms with Crippen LogP contribution < -0.4 is 4.74 Å². The van der Waals surface area contributed by atoms with Crippen LogP contribution in [0.4, 0.5) is 0 Å². The van der Waals surface area contributed by atoms with Crippen LogP contribution >= 0.6 is 0 Å². The van der Waals surface area contributed by atoms with Gasteiger partial charge in [0.15, 0.2) is 5.65 Å². The Balaban J connectivity index is 1.64. The van der Waals surface area contributed by atoms with Crippen molar-refractivity contribution in [2.75, 3.05) is 26.7 Å². The summed E-state index contributed by atoms with van der Waals surface area (Å²) in [6.07, 6.45) is 4.82. The average molecular weight is 424 g/mol. The number of imidazole rings is 1. The fraction of sp³-hybridized carbons (Fsp3) is 0.269. The summed E-state index contributed by atoms with van der Waals surface area (Å²) in [6, 6.07) is 18.6. The van der Waals surface area contributed by atoms with E-state index < -0.39 is 0 Å². The lowest BCUT2D eigenvalue weighted by atomic mass is 9.98. The van der Waals surface area contributed by atoms with E-state index in [0.29, 0.717) is 24.1 Å². The number of aryl methyl sites for hydroxylation is 1. The Bertz CT molecular complexity index is 1290. The molecule has 0 bridgehead atoms. The third-order valence-corrected chi connectivity index (χ3v) is 6.08. The minimum Gasteiger partial charge on any atom is -0.464 e. The lowest BCUT2D eigenvalue weighted by Crippen LogP contribution is -2.19. The molecule has 5 rings (SSSR count). The highest BCUT2D eigenvalue weighted by molar-refractivity contribution is 5.90. The molecule has 160 valence electrons. The maximum absolute atomic E-state index is 9.21. The number of benzene rings is 2. The number of fused-ring (bicyclic) bond motifs is 1. The highest BCUT2D eigenvalue weighted by atomic mass is 16.5. The van der Waals surface area contributed by atoms with Crippen molar-refractivity contribution in [3.05, 3.63) is 72.1 Å². The summed E-state index contributed by atoms with van der Waals surface area (Å²) in [6.45, 7) is 4.84. The highest BCUT2D eigenvalue weighted by Gasteiger charge is 2.23. The SMILES string of the molecule is Cc1ccc(-c2c(-c3ccc(C#N)cc3)nc(OC[C@@H]3CCN(C)C3)n3ccnc23)cc1. The van der Waals surface area contributed by atoms with Gasteiger partial charge < -0.3 is 9.64 Å². The summed E-state index contributed by atoms with van der Waals surface area (Å²) < 4.78 is 8.19. The number of likely N-dealkylation sites (tertiary alicyclic amines) is 1. The third-order valence-electron chi connectivity index (χ3n) is 6.08. The molecule has 1 atom stereocenters. The van der Waals surface area contributed by atoms with Crippen LogP contribution in [0, 0.1) is 24.2 Å². The first kappa shape index (κ1) is 20.2. The van der Waals surface area contributed by atoms with Crippen LogP contribution in [-0.4, -0.2) is 46.0 Å². The van der Waals surface area contributed by atoms with E-state index in [1.807, 2.05) is 34.9 Å². The Morgan fingerprint density at radius 2 is 1.84 bits per heavy atom. The van der Waals surface area contributed by atoms with Crippen molar-refractivity contribution in [1.82, 2.24) is 19.3 Å². The molecule has 2 aromatic carbocycles. The van der Waals surface area contributed by atoms with Crippen molar-refractivity contribution in [3.8, 4) is 34.5 Å². The molecule has 0 aliphatic carbocycles. The highest BCUT2D eigenvalue weighted by Crippen LogP contribution is 2.36. The number of ether oxygens (including phenoxy) is 1. The molecule has 2 aromatic heterocycles. The summed E-state index contributed by atoms with van der Waals surface area (Å²) in [5, 5.41) is 9.21. The first-order valence-electron chi connectivity index (χ1n) is 10.9. The second-order valence-corrected chi connectivity index (χ2v) is 8.52. The summed E-state index contributed by atoms with van der Waals surface area (Å²) in [5.41, 5.74) is 6.35. The van der Waals surface area contributed by atoms with E-state index >= 15 is 0 Å². The van der Waals surface area contributed by atoms with Crippen LogP contribution in [0.25, 0.3) is 28.0 Å². The summed E-state index contributed by atoms with van der Waals surface area (Å²) >= 11 is 0. The molecule has 6 nitrogen and oxygen atoms in total. The van der Waals surface area contributed by atoms with Crippen molar-refractivity contribution >= 4 is 5.65 Å². The minimum atomic E-state index is 0.496. The number of aromatic nitrogens is 3. The molecule has 1 aliphatic rings. The van der Waals surface area contributed by atoms with Crippen LogP contribution in [0.3, 0.4) is 0 Å². The van der Waals surface area contributed by atoms with Gasteiger partial charge in [-0.2, -0.15) is 10.2 Å². The molecule has 0 unspecified atom stereocenters. The van der Waals surface area contributed by atoms with Crippen molar-refractivity contribution in [3.63, 3.8) is 0 Å². The molecule has 32 heavy (non-hydrogen) atoms. The Morgan fingerprint density at radius 3 is 2.53 bits per heavy atom. The standard InChI is InChI=1S/C26H25N5O/c1-18-3-7-21(8-4-18)23-24(22-9-5-19(15-27)6-10-22)29-26(31-14-12-28-25(23)31)32-17-20-11-13-30(2)16-20/h3-10,12,14,20H,11,13,16-17H2,1-2H3/t20-/m1/s1. The Morgan fingerprint density at radius 1 is 1.09 bits per heavy atom. The topological polar surface area (TPSA) is 66.5 Å². The smallest absolute Gasteiger partial charge is 0.302 e. The van der Waals surface area contributed by atoms with Gasteiger partial charge in [0.1, 0.15) is 0 Å². The van der Waals surface area contributed by atoms with Gasteiger partial charge in [0.05, 0.1) is 29.5 Å². The van der Waals surface area contributed by atoms with E-state index in [9.17, 15) is 5.26 Å². The van der Waals surface area contributed by atoms with Crippen LogP contribution in [0.1, 0.15) is 17.5 Å². The van der Waals surface area contributed by atoms with Gasteiger partial charge in [-0.1, -0.05) is 42.0 Å². The van der Waals surface area contributed by atoms with Crippen LogP contribution in [-0.2, 0) is 0 Å². The zero-order valence-electron chi connectivity index (χ0n) is 18.3. The Labute approximate surface area is 187 Å². The molecule has 0 spiro atoms. The molecule has 1 saturated heterocycles. The summed E-state index contributed by atoms with van der Waals surface area (Å²) in [5.74, 6) is 0.496. The zero-order chi connectivity index (χ0) is 22.1. The molecular weight excluding hydrogens is 398 g/mol. The molecule has 0 N–H and O–H groups in total. The Kier molecular flexibility index (Phi) is 5.34. The first-order chi connectivity index (χ1) is 15.6. The van der Waals surface area contributed by atoms with E-state index in [1.165, 1.54) is 5.56 Å². The number of nitrogens with zero attached hydrogens (tertiary/aromatic N) is 5. The van der Waals surface area contributed by atoms with Gasteiger partial charge in [-0.25, -0.2) is 4.98 Å². The third kappa shape index (κ3) is 3.83. The van der Waals surface area contributed by atoms with Crippen LogP contribution in [0.2, 0.25) is 0 Å². The predicted molar refractivity (Wildman–Crippen MR) is 124 cm³/mol. The second kappa shape index (κ2) is 8.45. The van der Waals surface area contributed by atoms with E-state index in [2.05, 4.69) is 54.2 Å². The molecule has 0 amide bonds. The fourth-order valence-electron chi connectivity index (χ4n) is 4.31. The van der Waals surface area contributed by atoms with E-state index in [4.69, 9.17) is 9.72 Å². The quantitative estimate of drug-likeness (QED) is 0.470. The van der Waals surface area contributed by atoms with Gasteiger partial charge in [-0.05, 0) is 44.6 Å². The first-order valence-corrected chi connectivity index (χ1v) is 10.9. The number of hydrogen-bond donors (Lipinski definition) is 0. The maximum atomic E-state index is 9.21. The predicted octanol–water partition coefficient (Wildman–Crippen LogP) is 4.57. The number of rotatable bonds is 5. The van der Waals surface area contributed by atoms with E-state index in [1.54, 1.807) is 6.20 Å². The van der Waals surface area contributed by atoms with Crippen molar-refractivity contribution in [2.45, 2.75) is 13.3 Å². The Hall–Kier alpha value is -3.69. The normalized spacial score (nSPS) is 16.3. The molecule has 0 radical (unpaired) electrons. The average Bonchev–Trinajstić information content (AvgIpc) is 3.47. The number of nitriles is 1. The van der Waals surface area contributed by atoms with Gasteiger partial charge in [-0.15, -0.1) is 0 Å². The molecule has 1 aliphatic heterocycles. The summed E-state index contributed by atoms with van der Waals surface area (Å²) in [7, 11) is 2.14. The maximum Gasteiger partial charge on any atom is 0.302 e. The van der Waals surface area contributed by atoms with Crippen molar-refractivity contribution in [2.24, 2.45) is 5.92 Å². The van der Waals surface area contributed by atoms with E-state index in [0.717, 1.165) is 47.5 Å². The van der Waals surface area contributed by atoms with Gasteiger partial charge in [-0.3, -0.25) is 4.40 Å². The van der Waals surface area contributed by atoms with Gasteiger partial charge in [0.25, 0.3) is 0 Å². The zero-order valence-corrected chi connectivity index (χ0v) is 18.3.